The van der Waals surface area contributed by atoms with E-state index in [1.165, 1.54) is 11.1 Å². The Morgan fingerprint density at radius 2 is 1.75 bits per heavy atom. The molecule has 0 unspecified atom stereocenters. The van der Waals surface area contributed by atoms with Gasteiger partial charge in [0.25, 0.3) is 0 Å². The number of rotatable bonds is 3. The molecule has 0 radical (unpaired) electrons. The van der Waals surface area contributed by atoms with Crippen LogP contribution in [0, 0.1) is 0 Å². The highest BCUT2D eigenvalue weighted by Gasteiger charge is 2.02. The lowest BCUT2D eigenvalue weighted by molar-refractivity contribution is 1.22. The van der Waals surface area contributed by atoms with Crippen LogP contribution in [0.2, 0.25) is 0 Å². The maximum Gasteiger partial charge on any atom is 0.0460 e. The minimum Gasteiger partial charge on any atom is -0.292 e. The van der Waals surface area contributed by atoms with Crippen LogP contribution in [-0.4, -0.2) is 17.7 Å². The van der Waals surface area contributed by atoms with Crippen molar-refractivity contribution in [3.63, 3.8) is 0 Å². The Bertz CT molecular complexity index is 461. The molecule has 1 aromatic heterocycles. The van der Waals surface area contributed by atoms with E-state index in [1.807, 2.05) is 49.8 Å². The van der Waals surface area contributed by atoms with Crippen LogP contribution in [0.5, 0.6) is 0 Å². The number of benzene rings is 1. The van der Waals surface area contributed by atoms with Crippen molar-refractivity contribution in [3.05, 3.63) is 66.0 Å². The fourth-order valence-corrected chi connectivity index (χ4v) is 1.63. The van der Waals surface area contributed by atoms with Crippen molar-refractivity contribution in [1.82, 2.24) is 4.98 Å². The summed E-state index contributed by atoms with van der Waals surface area (Å²) in [7, 11) is 1.84. The predicted octanol–water partition coefficient (Wildman–Crippen LogP) is 2.74. The summed E-state index contributed by atoms with van der Waals surface area (Å²) in [5.41, 5.74) is 3.52. The first-order chi connectivity index (χ1) is 7.90. The predicted molar refractivity (Wildman–Crippen MR) is 66.8 cm³/mol. The summed E-state index contributed by atoms with van der Waals surface area (Å²) in [6.07, 6.45) is 4.48. The first kappa shape index (κ1) is 10.6. The van der Waals surface area contributed by atoms with E-state index in [1.54, 1.807) is 0 Å². The standard InChI is InChI=1S/C14H14N2/c1-15-14(13-5-3-2-4-6-13)11-12-7-9-16-10-8-12/h2-10H,11H2,1H3. The summed E-state index contributed by atoms with van der Waals surface area (Å²) >= 11 is 0. The minimum atomic E-state index is 0.850. The van der Waals surface area contributed by atoms with Crippen LogP contribution >= 0.6 is 0 Å². The zero-order chi connectivity index (χ0) is 11.2. The maximum absolute atomic E-state index is 4.35. The molecule has 0 aliphatic carbocycles. The lowest BCUT2D eigenvalue weighted by atomic mass is 10.0. The average Bonchev–Trinajstić information content (AvgIpc) is 2.38. The molecule has 1 aromatic carbocycles. The van der Waals surface area contributed by atoms with Gasteiger partial charge < -0.3 is 0 Å². The van der Waals surface area contributed by atoms with E-state index < -0.39 is 0 Å². The number of hydrogen-bond donors (Lipinski definition) is 0. The topological polar surface area (TPSA) is 25.2 Å². The van der Waals surface area contributed by atoms with Gasteiger partial charge in [0.05, 0.1) is 0 Å². The average molecular weight is 210 g/mol. The highest BCUT2D eigenvalue weighted by Crippen LogP contribution is 2.07. The molecule has 2 nitrogen and oxygen atoms in total. The smallest absolute Gasteiger partial charge is 0.0460 e. The maximum atomic E-state index is 4.35. The Morgan fingerprint density at radius 1 is 1.06 bits per heavy atom. The van der Waals surface area contributed by atoms with E-state index in [9.17, 15) is 0 Å². The van der Waals surface area contributed by atoms with Gasteiger partial charge in [0.1, 0.15) is 0 Å². The fraction of sp³-hybridized carbons (Fsp3) is 0.143. The molecule has 2 heteroatoms. The van der Waals surface area contributed by atoms with Gasteiger partial charge in [0.15, 0.2) is 0 Å². The largest absolute Gasteiger partial charge is 0.292 e. The molecule has 0 saturated carbocycles. The first-order valence-corrected chi connectivity index (χ1v) is 5.30. The van der Waals surface area contributed by atoms with Crippen LogP contribution in [0.15, 0.2) is 59.9 Å². The van der Waals surface area contributed by atoms with E-state index in [0.717, 1.165) is 12.1 Å². The van der Waals surface area contributed by atoms with Crippen LogP contribution in [-0.2, 0) is 6.42 Å². The molecule has 0 amide bonds. The molecule has 1 heterocycles. The summed E-state index contributed by atoms with van der Waals surface area (Å²) in [5.74, 6) is 0. The Labute approximate surface area is 95.7 Å². The van der Waals surface area contributed by atoms with Crippen LogP contribution in [0.4, 0.5) is 0 Å². The second kappa shape index (κ2) is 5.21. The summed E-state index contributed by atoms with van der Waals surface area (Å²) in [4.78, 5) is 8.36. The number of nitrogens with zero attached hydrogens (tertiary/aromatic N) is 2. The van der Waals surface area contributed by atoms with Crippen molar-refractivity contribution in [2.75, 3.05) is 7.05 Å². The Morgan fingerprint density at radius 3 is 2.38 bits per heavy atom. The van der Waals surface area contributed by atoms with Gasteiger partial charge in [-0.3, -0.25) is 9.98 Å². The Kier molecular flexibility index (Phi) is 3.44. The summed E-state index contributed by atoms with van der Waals surface area (Å²) in [6, 6.07) is 14.3. The van der Waals surface area contributed by atoms with Gasteiger partial charge in [-0.05, 0) is 23.3 Å². The molecule has 2 rings (SSSR count). The number of aliphatic imine (C=N–C) groups is 1. The summed E-state index contributed by atoms with van der Waals surface area (Å²) in [6.45, 7) is 0. The molecular weight excluding hydrogens is 196 g/mol. The number of hydrogen-bond acceptors (Lipinski definition) is 2. The molecule has 16 heavy (non-hydrogen) atoms. The van der Waals surface area contributed by atoms with Gasteiger partial charge in [-0.15, -0.1) is 0 Å². The molecule has 0 aliphatic heterocycles. The Balaban J connectivity index is 2.20. The molecule has 0 fully saturated rings. The first-order valence-electron chi connectivity index (χ1n) is 5.30. The monoisotopic (exact) mass is 210 g/mol. The molecule has 0 aliphatic rings. The van der Waals surface area contributed by atoms with E-state index in [0.29, 0.717) is 0 Å². The Hall–Kier alpha value is -1.96. The SMILES string of the molecule is CN=C(Cc1ccncc1)c1ccccc1. The van der Waals surface area contributed by atoms with Crippen LogP contribution in [0.3, 0.4) is 0 Å². The highest BCUT2D eigenvalue weighted by molar-refractivity contribution is 6.01. The highest BCUT2D eigenvalue weighted by atomic mass is 14.7. The van der Waals surface area contributed by atoms with E-state index >= 15 is 0 Å². The van der Waals surface area contributed by atoms with Gasteiger partial charge in [-0.25, -0.2) is 0 Å². The molecule has 0 atom stereocenters. The van der Waals surface area contributed by atoms with Gasteiger partial charge in [0, 0.05) is 31.6 Å². The van der Waals surface area contributed by atoms with Crippen molar-refractivity contribution in [1.29, 1.82) is 0 Å². The van der Waals surface area contributed by atoms with Crippen LogP contribution in [0.1, 0.15) is 11.1 Å². The van der Waals surface area contributed by atoms with Gasteiger partial charge >= 0.3 is 0 Å². The number of aromatic nitrogens is 1. The quantitative estimate of drug-likeness (QED) is 0.715. The molecule has 0 spiro atoms. The minimum absolute atomic E-state index is 0.850. The van der Waals surface area contributed by atoms with Crippen LogP contribution < -0.4 is 0 Å². The number of pyridine rings is 1. The zero-order valence-corrected chi connectivity index (χ0v) is 9.30. The molecule has 0 saturated heterocycles. The summed E-state index contributed by atoms with van der Waals surface area (Å²) in [5, 5.41) is 0. The van der Waals surface area contributed by atoms with Crippen molar-refractivity contribution < 1.29 is 0 Å². The van der Waals surface area contributed by atoms with Gasteiger partial charge in [0.2, 0.25) is 0 Å². The lowest BCUT2D eigenvalue weighted by Gasteiger charge is -2.05. The molecule has 2 aromatic rings. The van der Waals surface area contributed by atoms with Gasteiger partial charge in [-0.1, -0.05) is 30.3 Å². The van der Waals surface area contributed by atoms with Crippen molar-refractivity contribution in [3.8, 4) is 0 Å². The third kappa shape index (κ3) is 2.54. The third-order valence-corrected chi connectivity index (χ3v) is 2.50. The van der Waals surface area contributed by atoms with E-state index in [2.05, 4.69) is 22.1 Å². The molecule has 0 N–H and O–H groups in total. The van der Waals surface area contributed by atoms with E-state index in [4.69, 9.17) is 0 Å². The lowest BCUT2D eigenvalue weighted by Crippen LogP contribution is -2.05. The second-order valence-corrected chi connectivity index (χ2v) is 3.57. The van der Waals surface area contributed by atoms with Crippen molar-refractivity contribution in [2.45, 2.75) is 6.42 Å². The molecular formula is C14H14N2. The third-order valence-electron chi connectivity index (χ3n) is 2.50. The molecule has 80 valence electrons. The van der Waals surface area contributed by atoms with Crippen molar-refractivity contribution >= 4 is 5.71 Å². The van der Waals surface area contributed by atoms with Gasteiger partial charge in [-0.2, -0.15) is 0 Å². The zero-order valence-electron chi connectivity index (χ0n) is 9.30. The second-order valence-electron chi connectivity index (χ2n) is 3.57. The van der Waals surface area contributed by atoms with Crippen LogP contribution in [0.25, 0.3) is 0 Å². The fourth-order valence-electron chi connectivity index (χ4n) is 1.63. The summed E-state index contributed by atoms with van der Waals surface area (Å²) < 4.78 is 0. The molecule has 0 bridgehead atoms. The van der Waals surface area contributed by atoms with Crippen molar-refractivity contribution in [2.24, 2.45) is 4.99 Å². The van der Waals surface area contributed by atoms with E-state index in [-0.39, 0.29) is 0 Å². The normalized spacial score (nSPS) is 11.4.